The molecule has 0 saturated carbocycles. The summed E-state index contributed by atoms with van der Waals surface area (Å²) in [5, 5.41) is 0.544. The molecule has 1 aromatic rings. The van der Waals surface area contributed by atoms with Crippen molar-refractivity contribution in [1.82, 2.24) is 9.97 Å². The Morgan fingerprint density at radius 1 is 1.50 bits per heavy atom. The monoisotopic (exact) mass is 210 g/mol. The van der Waals surface area contributed by atoms with Crippen LogP contribution in [0.4, 0.5) is 0 Å². The highest BCUT2D eigenvalue weighted by Gasteiger charge is 2.07. The normalized spacial score (nSPS) is 11.9. The summed E-state index contributed by atoms with van der Waals surface area (Å²) in [5.74, 6) is 0. The van der Waals surface area contributed by atoms with Crippen LogP contribution in [0.5, 0.6) is 0 Å². The van der Waals surface area contributed by atoms with Crippen LogP contribution in [-0.2, 0) is 0 Å². The molecule has 1 rings (SSSR count). The third kappa shape index (κ3) is 2.55. The molecule has 0 aliphatic carbocycles. The van der Waals surface area contributed by atoms with E-state index in [9.17, 15) is 0 Å². The van der Waals surface area contributed by atoms with E-state index in [1.54, 1.807) is 0 Å². The van der Waals surface area contributed by atoms with E-state index in [2.05, 4.69) is 23.0 Å². The average molecular weight is 211 g/mol. The Labute approximate surface area is 90.0 Å². The molecule has 0 amide bonds. The third-order valence-electron chi connectivity index (χ3n) is 2.12. The molecule has 0 aromatic carbocycles. The molecule has 2 nitrogen and oxygen atoms in total. The van der Waals surface area contributed by atoms with E-state index in [4.69, 9.17) is 11.6 Å². The maximum Gasteiger partial charge on any atom is 0.140 e. The van der Waals surface area contributed by atoms with Crippen LogP contribution >= 0.6 is 11.6 Å². The molecule has 0 bridgehead atoms. The quantitative estimate of drug-likeness (QED) is 0.712. The molecule has 0 unspecified atom stereocenters. The molecule has 0 aliphatic heterocycles. The largest absolute Gasteiger partial charge is 0.241 e. The summed E-state index contributed by atoms with van der Waals surface area (Å²) in [6.45, 7) is 6.15. The smallest absolute Gasteiger partial charge is 0.140 e. The summed E-state index contributed by atoms with van der Waals surface area (Å²) in [6.07, 6.45) is 5.88. The number of halogens is 1. The van der Waals surface area contributed by atoms with Crippen molar-refractivity contribution in [3.05, 3.63) is 28.8 Å². The van der Waals surface area contributed by atoms with Gasteiger partial charge in [0, 0.05) is 11.3 Å². The number of hydrogen-bond donors (Lipinski definition) is 0. The van der Waals surface area contributed by atoms with E-state index in [1.165, 1.54) is 6.33 Å². The molecule has 1 aromatic heterocycles. The van der Waals surface area contributed by atoms with Gasteiger partial charge in [-0.15, -0.1) is 0 Å². The van der Waals surface area contributed by atoms with Crippen LogP contribution in [0.25, 0.3) is 5.57 Å². The molecule has 0 fully saturated rings. The first kappa shape index (κ1) is 11.2. The summed E-state index contributed by atoms with van der Waals surface area (Å²) in [5.41, 5.74) is 3.08. The highest BCUT2D eigenvalue weighted by atomic mass is 35.5. The first-order valence-corrected chi connectivity index (χ1v) is 5.18. The summed E-state index contributed by atoms with van der Waals surface area (Å²) >= 11 is 6.01. The highest BCUT2D eigenvalue weighted by molar-refractivity contribution is 6.31. The Morgan fingerprint density at radius 2 is 2.21 bits per heavy atom. The lowest BCUT2D eigenvalue weighted by Crippen LogP contribution is -1.93. The molecule has 0 spiro atoms. The molecule has 0 saturated heterocycles. The van der Waals surface area contributed by atoms with Gasteiger partial charge in [-0.2, -0.15) is 0 Å². The van der Waals surface area contributed by atoms with Gasteiger partial charge in [-0.05, 0) is 25.8 Å². The van der Waals surface area contributed by atoms with Crippen molar-refractivity contribution in [1.29, 1.82) is 0 Å². The Balaban J connectivity index is 3.05. The second kappa shape index (κ2) is 5.11. The fraction of sp³-hybridized carbons (Fsp3) is 0.455. The number of unbranched alkanes of at least 4 members (excludes halogenated alkanes) is 1. The van der Waals surface area contributed by atoms with E-state index in [0.29, 0.717) is 5.15 Å². The fourth-order valence-corrected chi connectivity index (χ4v) is 1.68. The molecular formula is C11H15ClN2. The van der Waals surface area contributed by atoms with Gasteiger partial charge in [0.05, 0.1) is 0 Å². The predicted molar refractivity (Wildman–Crippen MR) is 60.3 cm³/mol. The topological polar surface area (TPSA) is 25.8 Å². The van der Waals surface area contributed by atoms with Crippen LogP contribution in [0, 0.1) is 6.92 Å². The van der Waals surface area contributed by atoms with Crippen molar-refractivity contribution >= 4 is 17.2 Å². The van der Waals surface area contributed by atoms with Crippen molar-refractivity contribution in [2.75, 3.05) is 0 Å². The minimum atomic E-state index is 0.544. The molecule has 1 heterocycles. The molecule has 0 N–H and O–H groups in total. The van der Waals surface area contributed by atoms with E-state index in [-0.39, 0.29) is 0 Å². The van der Waals surface area contributed by atoms with Crippen LogP contribution in [0.3, 0.4) is 0 Å². The van der Waals surface area contributed by atoms with Gasteiger partial charge in [-0.3, -0.25) is 0 Å². The molecule has 3 heteroatoms. The van der Waals surface area contributed by atoms with Gasteiger partial charge < -0.3 is 0 Å². The van der Waals surface area contributed by atoms with Gasteiger partial charge in [0.1, 0.15) is 11.5 Å². The van der Waals surface area contributed by atoms with E-state index in [0.717, 1.165) is 29.7 Å². The van der Waals surface area contributed by atoms with Crippen molar-refractivity contribution in [2.24, 2.45) is 0 Å². The maximum absolute atomic E-state index is 6.01. The Hall–Kier alpha value is -0.890. The van der Waals surface area contributed by atoms with Gasteiger partial charge in [-0.25, -0.2) is 9.97 Å². The van der Waals surface area contributed by atoms with Crippen LogP contribution in [0.15, 0.2) is 12.4 Å². The van der Waals surface area contributed by atoms with Crippen molar-refractivity contribution in [3.8, 4) is 0 Å². The predicted octanol–water partition coefficient (Wildman–Crippen LogP) is 3.64. The number of aromatic nitrogens is 2. The number of allylic oxidation sites excluding steroid dienone is 2. The number of nitrogens with zero attached hydrogens (tertiary/aromatic N) is 2. The first-order valence-electron chi connectivity index (χ1n) is 4.81. The second-order valence-corrected chi connectivity index (χ2v) is 3.66. The second-order valence-electron chi connectivity index (χ2n) is 3.30. The van der Waals surface area contributed by atoms with Crippen molar-refractivity contribution in [3.63, 3.8) is 0 Å². The van der Waals surface area contributed by atoms with Gasteiger partial charge in [0.15, 0.2) is 0 Å². The number of hydrogen-bond acceptors (Lipinski definition) is 2. The molecular weight excluding hydrogens is 196 g/mol. The summed E-state index contributed by atoms with van der Waals surface area (Å²) < 4.78 is 0. The zero-order valence-electron chi connectivity index (χ0n) is 8.84. The Kier molecular flexibility index (Phi) is 4.08. The lowest BCUT2D eigenvalue weighted by Gasteiger charge is -2.06. The molecule has 0 aliphatic rings. The van der Waals surface area contributed by atoms with Gasteiger partial charge in [-0.1, -0.05) is 31.0 Å². The standard InChI is InChI=1S/C11H15ClN2/c1-4-5-6-8(2)10-9(3)13-7-14-11(10)12/h6-7H,4-5H2,1-3H3/b8-6-. The van der Waals surface area contributed by atoms with E-state index >= 15 is 0 Å². The van der Waals surface area contributed by atoms with Crippen LogP contribution in [-0.4, -0.2) is 9.97 Å². The number of aryl methyl sites for hydroxylation is 1. The lowest BCUT2D eigenvalue weighted by atomic mass is 10.1. The lowest BCUT2D eigenvalue weighted by molar-refractivity contribution is 0.958. The highest BCUT2D eigenvalue weighted by Crippen LogP contribution is 2.23. The first-order chi connectivity index (χ1) is 6.66. The zero-order chi connectivity index (χ0) is 10.6. The van der Waals surface area contributed by atoms with Crippen LogP contribution in [0.2, 0.25) is 5.15 Å². The minimum Gasteiger partial charge on any atom is -0.241 e. The molecule has 14 heavy (non-hydrogen) atoms. The molecule has 0 atom stereocenters. The molecule has 0 radical (unpaired) electrons. The van der Waals surface area contributed by atoms with Gasteiger partial charge in [0.2, 0.25) is 0 Å². The Bertz CT molecular complexity index is 325. The van der Waals surface area contributed by atoms with Crippen LogP contribution < -0.4 is 0 Å². The molecule has 76 valence electrons. The zero-order valence-corrected chi connectivity index (χ0v) is 9.60. The summed E-state index contributed by atoms with van der Waals surface area (Å²) in [6, 6.07) is 0. The third-order valence-corrected chi connectivity index (χ3v) is 2.41. The SMILES string of the molecule is CCC/C=C(/C)c1c(C)ncnc1Cl. The van der Waals surface area contributed by atoms with E-state index in [1.807, 2.05) is 13.8 Å². The van der Waals surface area contributed by atoms with Crippen molar-refractivity contribution in [2.45, 2.75) is 33.6 Å². The van der Waals surface area contributed by atoms with Crippen molar-refractivity contribution < 1.29 is 0 Å². The number of rotatable bonds is 3. The summed E-state index contributed by atoms with van der Waals surface area (Å²) in [7, 11) is 0. The summed E-state index contributed by atoms with van der Waals surface area (Å²) in [4.78, 5) is 8.12. The van der Waals surface area contributed by atoms with Crippen LogP contribution in [0.1, 0.15) is 37.9 Å². The average Bonchev–Trinajstić information content (AvgIpc) is 2.14. The Morgan fingerprint density at radius 3 is 2.79 bits per heavy atom. The fourth-order valence-electron chi connectivity index (χ4n) is 1.36. The minimum absolute atomic E-state index is 0.544. The van der Waals surface area contributed by atoms with Gasteiger partial charge in [0.25, 0.3) is 0 Å². The van der Waals surface area contributed by atoms with Gasteiger partial charge >= 0.3 is 0 Å². The maximum atomic E-state index is 6.01. The van der Waals surface area contributed by atoms with E-state index < -0.39 is 0 Å².